The predicted molar refractivity (Wildman–Crippen MR) is 77.5 cm³/mol. The summed E-state index contributed by atoms with van der Waals surface area (Å²) in [7, 11) is 0. The van der Waals surface area contributed by atoms with Gasteiger partial charge >= 0.3 is 5.97 Å². The second-order valence-electron chi connectivity index (χ2n) is 7.54. The van der Waals surface area contributed by atoms with Gasteiger partial charge in [-0.3, -0.25) is 4.79 Å². The van der Waals surface area contributed by atoms with E-state index in [0.29, 0.717) is 6.42 Å². The lowest BCUT2D eigenvalue weighted by Gasteiger charge is -2.43. The summed E-state index contributed by atoms with van der Waals surface area (Å²) in [5.74, 6) is -0.477. The monoisotopic (exact) mass is 271 g/mol. The first-order valence-electron chi connectivity index (χ1n) is 6.63. The molecule has 0 amide bonds. The van der Waals surface area contributed by atoms with Crippen LogP contribution in [-0.4, -0.2) is 17.6 Å². The number of rotatable bonds is 4. The molecular formula is C15H29NO3. The molecule has 0 spiro atoms. The molecule has 0 aliphatic carbocycles. The molecule has 1 unspecified atom stereocenters. The lowest BCUT2D eigenvalue weighted by molar-refractivity contribution is -0.158. The van der Waals surface area contributed by atoms with Crippen molar-refractivity contribution in [3.63, 3.8) is 0 Å². The minimum absolute atomic E-state index is 0.000671. The second kappa shape index (κ2) is 5.95. The van der Waals surface area contributed by atoms with Crippen molar-refractivity contribution in [3.05, 3.63) is 12.0 Å². The molecular weight excluding hydrogens is 242 g/mol. The molecule has 0 heterocycles. The van der Waals surface area contributed by atoms with Crippen LogP contribution in [0.5, 0.6) is 0 Å². The highest BCUT2D eigenvalue weighted by Gasteiger charge is 2.47. The summed E-state index contributed by atoms with van der Waals surface area (Å²) in [4.78, 5) is 12.4. The molecule has 0 bridgehead atoms. The predicted octanol–water partition coefficient (Wildman–Crippen LogP) is 3.38. The van der Waals surface area contributed by atoms with Crippen LogP contribution < -0.4 is 5.73 Å². The van der Waals surface area contributed by atoms with Gasteiger partial charge in [0.1, 0.15) is 12.0 Å². The van der Waals surface area contributed by atoms with Crippen LogP contribution in [0, 0.1) is 16.2 Å². The fourth-order valence-corrected chi connectivity index (χ4v) is 2.00. The van der Waals surface area contributed by atoms with Gasteiger partial charge in [0.2, 0.25) is 0 Å². The van der Waals surface area contributed by atoms with E-state index in [9.17, 15) is 9.90 Å². The zero-order valence-electron chi connectivity index (χ0n) is 13.3. The van der Waals surface area contributed by atoms with Crippen molar-refractivity contribution in [1.29, 1.82) is 0 Å². The molecule has 19 heavy (non-hydrogen) atoms. The van der Waals surface area contributed by atoms with Crippen LogP contribution in [-0.2, 0) is 9.53 Å². The zero-order valence-corrected chi connectivity index (χ0v) is 13.3. The van der Waals surface area contributed by atoms with Crippen LogP contribution in [0.1, 0.15) is 54.9 Å². The first-order valence-corrected chi connectivity index (χ1v) is 6.63. The SMILES string of the molecule is CC(C)(C)CC(C)(C(=O)O/C=C(\O)CN)C(C)(C)C. The molecule has 0 aliphatic rings. The average Bonchev–Trinajstić information content (AvgIpc) is 2.21. The van der Waals surface area contributed by atoms with Crippen molar-refractivity contribution in [3.8, 4) is 0 Å². The molecule has 4 nitrogen and oxygen atoms in total. The maximum atomic E-state index is 12.4. The number of ether oxygens (including phenoxy) is 1. The third kappa shape index (κ3) is 5.23. The first-order chi connectivity index (χ1) is 8.33. The molecule has 0 aromatic carbocycles. The zero-order chi connectivity index (χ0) is 15.5. The lowest BCUT2D eigenvalue weighted by atomic mass is 9.61. The Morgan fingerprint density at radius 2 is 1.63 bits per heavy atom. The normalized spacial score (nSPS) is 16.9. The Labute approximate surface area is 117 Å². The summed E-state index contributed by atoms with van der Waals surface area (Å²) in [5, 5.41) is 9.27. The van der Waals surface area contributed by atoms with Crippen molar-refractivity contribution >= 4 is 5.97 Å². The summed E-state index contributed by atoms with van der Waals surface area (Å²) in [6.07, 6.45) is 1.73. The van der Waals surface area contributed by atoms with Gasteiger partial charge in [0.05, 0.1) is 12.0 Å². The molecule has 4 heteroatoms. The van der Waals surface area contributed by atoms with Crippen LogP contribution in [0.3, 0.4) is 0 Å². The van der Waals surface area contributed by atoms with E-state index < -0.39 is 5.41 Å². The fourth-order valence-electron chi connectivity index (χ4n) is 2.00. The molecule has 112 valence electrons. The molecule has 0 saturated heterocycles. The van der Waals surface area contributed by atoms with Crippen LogP contribution >= 0.6 is 0 Å². The molecule has 3 N–H and O–H groups in total. The van der Waals surface area contributed by atoms with E-state index >= 15 is 0 Å². The van der Waals surface area contributed by atoms with Crippen molar-refractivity contribution < 1.29 is 14.6 Å². The van der Waals surface area contributed by atoms with Crippen LogP contribution in [0.25, 0.3) is 0 Å². The van der Waals surface area contributed by atoms with Crippen LogP contribution in [0.2, 0.25) is 0 Å². The molecule has 0 aliphatic heterocycles. The van der Waals surface area contributed by atoms with E-state index in [0.717, 1.165) is 6.26 Å². The van der Waals surface area contributed by atoms with Gasteiger partial charge in [0.15, 0.2) is 0 Å². The Hall–Kier alpha value is -1.03. The molecule has 0 rings (SSSR count). The smallest absolute Gasteiger partial charge is 0.317 e. The highest BCUT2D eigenvalue weighted by atomic mass is 16.5. The number of carbonyl (C=O) groups is 1. The Kier molecular flexibility index (Phi) is 5.63. The van der Waals surface area contributed by atoms with E-state index in [1.807, 2.05) is 27.7 Å². The van der Waals surface area contributed by atoms with Crippen molar-refractivity contribution in [2.24, 2.45) is 22.0 Å². The van der Waals surface area contributed by atoms with Crippen molar-refractivity contribution in [2.45, 2.75) is 54.9 Å². The van der Waals surface area contributed by atoms with Gasteiger partial charge in [0.25, 0.3) is 0 Å². The molecule has 0 aromatic rings. The minimum atomic E-state index is -0.642. The summed E-state index contributed by atoms with van der Waals surface area (Å²) in [6, 6.07) is 0. The Balaban J connectivity index is 5.23. The molecule has 0 radical (unpaired) electrons. The number of hydrogen-bond donors (Lipinski definition) is 2. The Morgan fingerprint density at radius 3 is 1.95 bits per heavy atom. The lowest BCUT2D eigenvalue weighted by Crippen LogP contribution is -2.43. The number of aliphatic hydroxyl groups is 1. The standard InChI is InChI=1S/C15H29NO3/c1-13(2,3)10-15(7,14(4,5)6)12(18)19-9-11(17)8-16/h9,17H,8,10,16H2,1-7H3/b11-9-. The van der Waals surface area contributed by atoms with Gasteiger partial charge in [-0.15, -0.1) is 0 Å². The fraction of sp³-hybridized carbons (Fsp3) is 0.800. The largest absolute Gasteiger partial charge is 0.508 e. The summed E-state index contributed by atoms with van der Waals surface area (Å²) in [5.41, 5.74) is 4.36. The van der Waals surface area contributed by atoms with Crippen molar-refractivity contribution in [1.82, 2.24) is 0 Å². The highest BCUT2D eigenvalue weighted by Crippen LogP contribution is 2.47. The third-order valence-corrected chi connectivity index (χ3v) is 3.50. The van der Waals surface area contributed by atoms with E-state index in [1.54, 1.807) is 0 Å². The minimum Gasteiger partial charge on any atom is -0.508 e. The van der Waals surface area contributed by atoms with Gasteiger partial charge in [-0.1, -0.05) is 41.5 Å². The molecule has 0 fully saturated rings. The van der Waals surface area contributed by atoms with Crippen molar-refractivity contribution in [2.75, 3.05) is 6.54 Å². The number of aliphatic hydroxyl groups excluding tert-OH is 1. The van der Waals surface area contributed by atoms with Gasteiger partial charge in [-0.2, -0.15) is 0 Å². The Bertz CT molecular complexity index is 347. The third-order valence-electron chi connectivity index (χ3n) is 3.50. The quantitative estimate of drug-likeness (QED) is 0.607. The summed E-state index contributed by atoms with van der Waals surface area (Å²) in [6.45, 7) is 14.2. The van der Waals surface area contributed by atoms with Crippen LogP contribution in [0.15, 0.2) is 12.0 Å². The van der Waals surface area contributed by atoms with E-state index in [-0.39, 0.29) is 29.1 Å². The van der Waals surface area contributed by atoms with Crippen LogP contribution in [0.4, 0.5) is 0 Å². The first kappa shape index (κ1) is 18.0. The topological polar surface area (TPSA) is 72.5 Å². The number of hydrogen-bond acceptors (Lipinski definition) is 4. The van der Waals surface area contributed by atoms with E-state index in [2.05, 4.69) is 20.8 Å². The molecule has 1 atom stereocenters. The average molecular weight is 271 g/mol. The van der Waals surface area contributed by atoms with E-state index in [4.69, 9.17) is 10.5 Å². The van der Waals surface area contributed by atoms with Gasteiger partial charge < -0.3 is 15.6 Å². The number of esters is 1. The highest BCUT2D eigenvalue weighted by molar-refractivity contribution is 5.78. The van der Waals surface area contributed by atoms with Gasteiger partial charge in [-0.25, -0.2) is 0 Å². The molecule has 0 aromatic heterocycles. The maximum Gasteiger partial charge on any atom is 0.317 e. The molecule has 0 saturated carbocycles. The van der Waals surface area contributed by atoms with E-state index in [1.165, 1.54) is 0 Å². The summed E-state index contributed by atoms with van der Waals surface area (Å²) < 4.78 is 5.10. The second-order valence-corrected chi connectivity index (χ2v) is 7.54. The maximum absolute atomic E-state index is 12.4. The van der Waals surface area contributed by atoms with Gasteiger partial charge in [-0.05, 0) is 24.2 Å². The number of nitrogens with two attached hydrogens (primary N) is 1. The number of carbonyl (C=O) groups excluding carboxylic acids is 1. The van der Waals surface area contributed by atoms with Gasteiger partial charge in [0, 0.05) is 0 Å². The Morgan fingerprint density at radius 1 is 1.16 bits per heavy atom. The summed E-state index contributed by atoms with van der Waals surface area (Å²) >= 11 is 0.